The zero-order chi connectivity index (χ0) is 23.3. The van der Waals surface area contributed by atoms with Crippen molar-refractivity contribution in [3.05, 3.63) is 138 Å². The summed E-state index contributed by atoms with van der Waals surface area (Å²) in [5, 5.41) is 3.05. The molecule has 0 aliphatic heterocycles. The second kappa shape index (κ2) is 9.71. The Labute approximate surface area is 197 Å². The Morgan fingerprint density at radius 2 is 1.44 bits per heavy atom. The number of fused-ring (bicyclic) bond motifs is 1. The lowest BCUT2D eigenvalue weighted by Crippen LogP contribution is -2.33. The molecular weight excluding hydrogens is 425 g/mol. The maximum absolute atomic E-state index is 13.7. The number of amides is 1. The first-order chi connectivity index (χ1) is 16.7. The standard InChI is InChI=1S/C29H24FN3O/c30-24-17-15-22(16-18-24)20-31-29(34)28(23-11-5-2-6-12-23)33-26-14-8-7-13-25(26)32-27(33)19-21-9-3-1-4-10-21/h1-18,28H,19-20H2,(H,31,34)/t28-/m1/s1. The second-order valence-corrected chi connectivity index (χ2v) is 8.21. The number of hydrogen-bond donors (Lipinski definition) is 1. The van der Waals surface area contributed by atoms with Gasteiger partial charge in [-0.15, -0.1) is 0 Å². The molecule has 0 aliphatic carbocycles. The van der Waals surface area contributed by atoms with Crippen LogP contribution in [0.25, 0.3) is 11.0 Å². The number of benzene rings is 4. The van der Waals surface area contributed by atoms with Crippen molar-refractivity contribution in [1.29, 1.82) is 0 Å². The summed E-state index contributed by atoms with van der Waals surface area (Å²) >= 11 is 0. The fourth-order valence-corrected chi connectivity index (χ4v) is 4.23. The molecule has 5 aromatic rings. The third kappa shape index (κ3) is 4.59. The number of imidazole rings is 1. The predicted octanol–water partition coefficient (Wildman–Crippen LogP) is 5.67. The normalized spacial score (nSPS) is 11.9. The Morgan fingerprint density at radius 3 is 2.18 bits per heavy atom. The Kier molecular flexibility index (Phi) is 6.17. The molecule has 0 spiro atoms. The molecule has 0 unspecified atom stereocenters. The van der Waals surface area contributed by atoms with Gasteiger partial charge in [-0.05, 0) is 41.0 Å². The lowest BCUT2D eigenvalue weighted by molar-refractivity contribution is -0.123. The number of carbonyl (C=O) groups excluding carboxylic acids is 1. The lowest BCUT2D eigenvalue weighted by Gasteiger charge is -2.22. The van der Waals surface area contributed by atoms with Crippen LogP contribution < -0.4 is 5.32 Å². The first-order valence-electron chi connectivity index (χ1n) is 11.3. The molecule has 5 rings (SSSR count). The summed E-state index contributed by atoms with van der Waals surface area (Å²) in [4.78, 5) is 18.6. The fraction of sp³-hybridized carbons (Fsp3) is 0.103. The van der Waals surface area contributed by atoms with Gasteiger partial charge in [-0.3, -0.25) is 4.79 Å². The minimum atomic E-state index is -0.604. The summed E-state index contributed by atoms with van der Waals surface area (Å²) < 4.78 is 15.3. The molecule has 5 heteroatoms. The van der Waals surface area contributed by atoms with Gasteiger partial charge < -0.3 is 9.88 Å². The zero-order valence-electron chi connectivity index (χ0n) is 18.6. The minimum Gasteiger partial charge on any atom is -0.350 e. The molecule has 4 nitrogen and oxygen atoms in total. The van der Waals surface area contributed by atoms with Gasteiger partial charge in [-0.25, -0.2) is 9.37 Å². The molecule has 1 atom stereocenters. The predicted molar refractivity (Wildman–Crippen MR) is 132 cm³/mol. The molecule has 1 N–H and O–H groups in total. The van der Waals surface area contributed by atoms with Gasteiger partial charge >= 0.3 is 0 Å². The van der Waals surface area contributed by atoms with Crippen molar-refractivity contribution in [2.45, 2.75) is 19.0 Å². The highest BCUT2D eigenvalue weighted by molar-refractivity contribution is 5.87. The van der Waals surface area contributed by atoms with Crippen molar-refractivity contribution < 1.29 is 9.18 Å². The van der Waals surface area contributed by atoms with Crippen LogP contribution in [0, 0.1) is 5.82 Å². The molecule has 0 saturated carbocycles. The summed E-state index contributed by atoms with van der Waals surface area (Å²) in [6.07, 6.45) is 0.601. The van der Waals surface area contributed by atoms with Crippen molar-refractivity contribution in [3.63, 3.8) is 0 Å². The molecule has 1 heterocycles. The Morgan fingerprint density at radius 1 is 0.794 bits per heavy atom. The van der Waals surface area contributed by atoms with Gasteiger partial charge in [-0.2, -0.15) is 0 Å². The smallest absolute Gasteiger partial charge is 0.248 e. The molecule has 1 amide bonds. The Bertz CT molecular complexity index is 1400. The fourth-order valence-electron chi connectivity index (χ4n) is 4.23. The van der Waals surface area contributed by atoms with Gasteiger partial charge in [0.25, 0.3) is 0 Å². The largest absolute Gasteiger partial charge is 0.350 e. The number of carbonyl (C=O) groups is 1. The number of hydrogen-bond acceptors (Lipinski definition) is 2. The van der Waals surface area contributed by atoms with Crippen LogP contribution in [-0.4, -0.2) is 15.5 Å². The van der Waals surface area contributed by atoms with E-state index in [1.807, 2.05) is 77.4 Å². The van der Waals surface area contributed by atoms with E-state index in [0.717, 1.165) is 33.5 Å². The van der Waals surface area contributed by atoms with E-state index < -0.39 is 6.04 Å². The van der Waals surface area contributed by atoms with Crippen molar-refractivity contribution in [3.8, 4) is 0 Å². The van der Waals surface area contributed by atoms with Crippen LogP contribution in [0.3, 0.4) is 0 Å². The topological polar surface area (TPSA) is 46.9 Å². The average molecular weight is 450 g/mol. The van der Waals surface area contributed by atoms with E-state index >= 15 is 0 Å². The number of halogens is 1. The first kappa shape index (κ1) is 21.6. The van der Waals surface area contributed by atoms with Crippen molar-refractivity contribution >= 4 is 16.9 Å². The van der Waals surface area contributed by atoms with Gasteiger partial charge in [0, 0.05) is 13.0 Å². The number of nitrogens with one attached hydrogen (secondary N) is 1. The lowest BCUT2D eigenvalue weighted by atomic mass is 10.0. The van der Waals surface area contributed by atoms with E-state index in [-0.39, 0.29) is 11.7 Å². The van der Waals surface area contributed by atoms with E-state index in [1.165, 1.54) is 12.1 Å². The summed E-state index contributed by atoms with van der Waals surface area (Å²) in [5.74, 6) is 0.374. The van der Waals surface area contributed by atoms with Gasteiger partial charge in [0.2, 0.25) is 5.91 Å². The summed E-state index contributed by atoms with van der Waals surface area (Å²) in [5.41, 5.74) is 4.58. The maximum Gasteiger partial charge on any atom is 0.248 e. The third-order valence-corrected chi connectivity index (χ3v) is 5.88. The van der Waals surface area contributed by atoms with Crippen molar-refractivity contribution in [2.75, 3.05) is 0 Å². The van der Waals surface area contributed by atoms with Crippen LogP contribution in [0.1, 0.15) is 28.6 Å². The Hall–Kier alpha value is -4.25. The highest BCUT2D eigenvalue weighted by Gasteiger charge is 2.27. The van der Waals surface area contributed by atoms with Crippen LogP contribution >= 0.6 is 0 Å². The number of rotatable bonds is 7. The highest BCUT2D eigenvalue weighted by atomic mass is 19.1. The molecular formula is C29H24FN3O. The molecule has 0 saturated heterocycles. The van der Waals surface area contributed by atoms with Crippen LogP contribution in [-0.2, 0) is 17.8 Å². The van der Waals surface area contributed by atoms with E-state index in [2.05, 4.69) is 17.4 Å². The minimum absolute atomic E-state index is 0.145. The third-order valence-electron chi connectivity index (χ3n) is 5.88. The van der Waals surface area contributed by atoms with Gasteiger partial charge in [0.1, 0.15) is 17.7 Å². The van der Waals surface area contributed by atoms with Crippen molar-refractivity contribution in [1.82, 2.24) is 14.9 Å². The number of para-hydroxylation sites is 2. The zero-order valence-corrected chi connectivity index (χ0v) is 18.6. The SMILES string of the molecule is O=C(NCc1ccc(F)cc1)[C@@H](c1ccccc1)n1c(Cc2ccccc2)nc2ccccc21. The van der Waals surface area contributed by atoms with Gasteiger partial charge in [-0.1, -0.05) is 84.9 Å². The van der Waals surface area contributed by atoms with E-state index in [1.54, 1.807) is 12.1 Å². The summed E-state index contributed by atoms with van der Waals surface area (Å²) in [6, 6.07) is 33.3. The monoisotopic (exact) mass is 449 g/mol. The number of nitrogens with zero attached hydrogens (tertiary/aromatic N) is 2. The van der Waals surface area contributed by atoms with Crippen LogP contribution in [0.4, 0.5) is 4.39 Å². The molecule has 168 valence electrons. The first-order valence-corrected chi connectivity index (χ1v) is 11.3. The summed E-state index contributed by atoms with van der Waals surface area (Å²) in [7, 11) is 0. The molecule has 0 radical (unpaired) electrons. The molecule has 4 aromatic carbocycles. The van der Waals surface area contributed by atoms with Crippen molar-refractivity contribution in [2.24, 2.45) is 0 Å². The molecule has 0 aliphatic rings. The van der Waals surface area contributed by atoms with Crippen LogP contribution in [0.2, 0.25) is 0 Å². The summed E-state index contributed by atoms with van der Waals surface area (Å²) in [6.45, 7) is 0.309. The molecule has 1 aromatic heterocycles. The average Bonchev–Trinajstić information content (AvgIpc) is 3.23. The second-order valence-electron chi connectivity index (χ2n) is 8.21. The molecule has 0 fully saturated rings. The van der Waals surface area contributed by atoms with E-state index in [4.69, 9.17) is 4.98 Å². The van der Waals surface area contributed by atoms with Crippen LogP contribution in [0.15, 0.2) is 109 Å². The molecule has 0 bridgehead atoms. The van der Waals surface area contributed by atoms with Crippen LogP contribution in [0.5, 0.6) is 0 Å². The number of aromatic nitrogens is 2. The Balaban J connectivity index is 1.57. The van der Waals surface area contributed by atoms with E-state index in [9.17, 15) is 9.18 Å². The van der Waals surface area contributed by atoms with E-state index in [0.29, 0.717) is 13.0 Å². The maximum atomic E-state index is 13.7. The van der Waals surface area contributed by atoms with Gasteiger partial charge in [0.15, 0.2) is 0 Å². The quantitative estimate of drug-likeness (QED) is 0.348. The van der Waals surface area contributed by atoms with Gasteiger partial charge in [0.05, 0.1) is 11.0 Å². The highest BCUT2D eigenvalue weighted by Crippen LogP contribution is 2.28. The molecule has 34 heavy (non-hydrogen) atoms.